The minimum Gasteiger partial charge on any atom is -0.376 e. The molecule has 1 aliphatic rings. The Labute approximate surface area is 105 Å². The second-order valence-corrected chi connectivity index (χ2v) is 4.67. The molecule has 1 atom stereocenters. The van der Waals surface area contributed by atoms with Crippen LogP contribution in [0.25, 0.3) is 0 Å². The van der Waals surface area contributed by atoms with Gasteiger partial charge in [-0.2, -0.15) is 0 Å². The molecule has 0 spiro atoms. The molecule has 0 aromatic rings. The second-order valence-electron chi connectivity index (χ2n) is 4.67. The fraction of sp³-hybridized carbons (Fsp3) is 0.917. The van der Waals surface area contributed by atoms with Crippen molar-refractivity contribution >= 4 is 5.96 Å². The van der Waals surface area contributed by atoms with Gasteiger partial charge in [-0.05, 0) is 39.9 Å². The first-order chi connectivity index (χ1) is 8.22. The molecule has 1 aliphatic heterocycles. The fourth-order valence-corrected chi connectivity index (χ4v) is 1.84. The Balaban J connectivity index is 2.07. The third kappa shape index (κ3) is 6.48. The van der Waals surface area contributed by atoms with Crippen molar-refractivity contribution in [3.8, 4) is 0 Å². The Hall–Kier alpha value is -0.810. The monoisotopic (exact) mass is 242 g/mol. The lowest BCUT2D eigenvalue weighted by molar-refractivity contribution is 0.114. The third-order valence-electron chi connectivity index (χ3n) is 2.82. The zero-order chi connectivity index (χ0) is 12.5. The number of guanidine groups is 1. The van der Waals surface area contributed by atoms with E-state index in [1.807, 2.05) is 0 Å². The average Bonchev–Trinajstić information content (AvgIpc) is 2.81. The highest BCUT2D eigenvalue weighted by Gasteiger charge is 2.15. The molecular weight excluding hydrogens is 216 g/mol. The topological polar surface area (TPSA) is 48.9 Å². The van der Waals surface area contributed by atoms with Crippen molar-refractivity contribution in [2.45, 2.75) is 25.4 Å². The summed E-state index contributed by atoms with van der Waals surface area (Å²) in [5.41, 5.74) is 0. The van der Waals surface area contributed by atoms with E-state index < -0.39 is 0 Å². The van der Waals surface area contributed by atoms with Crippen LogP contribution in [-0.2, 0) is 4.74 Å². The summed E-state index contributed by atoms with van der Waals surface area (Å²) in [6.07, 6.45) is 3.81. The van der Waals surface area contributed by atoms with Crippen LogP contribution in [-0.4, -0.2) is 64.3 Å². The SMILES string of the molecule is CN=C(NCCCN(C)C)NCC1CCCO1. The van der Waals surface area contributed by atoms with E-state index in [9.17, 15) is 0 Å². The number of nitrogens with zero attached hydrogens (tertiary/aromatic N) is 2. The Morgan fingerprint density at radius 1 is 1.41 bits per heavy atom. The first kappa shape index (κ1) is 14.3. The summed E-state index contributed by atoms with van der Waals surface area (Å²) in [6.45, 7) is 3.80. The van der Waals surface area contributed by atoms with E-state index >= 15 is 0 Å². The van der Waals surface area contributed by atoms with Crippen LogP contribution >= 0.6 is 0 Å². The van der Waals surface area contributed by atoms with Gasteiger partial charge >= 0.3 is 0 Å². The van der Waals surface area contributed by atoms with Gasteiger partial charge in [0.15, 0.2) is 5.96 Å². The van der Waals surface area contributed by atoms with E-state index in [0.717, 1.165) is 45.0 Å². The summed E-state index contributed by atoms with van der Waals surface area (Å²) in [7, 11) is 5.98. The van der Waals surface area contributed by atoms with Gasteiger partial charge in [0, 0.05) is 26.7 Å². The first-order valence-electron chi connectivity index (χ1n) is 6.43. The molecule has 17 heavy (non-hydrogen) atoms. The summed E-state index contributed by atoms with van der Waals surface area (Å²) in [4.78, 5) is 6.38. The van der Waals surface area contributed by atoms with Gasteiger partial charge in [0.1, 0.15) is 0 Å². The highest BCUT2D eigenvalue weighted by atomic mass is 16.5. The summed E-state index contributed by atoms with van der Waals surface area (Å²) in [6, 6.07) is 0. The minimum absolute atomic E-state index is 0.357. The zero-order valence-corrected chi connectivity index (χ0v) is 11.3. The molecule has 1 unspecified atom stereocenters. The number of hydrogen-bond donors (Lipinski definition) is 2. The molecule has 0 amide bonds. The lowest BCUT2D eigenvalue weighted by Gasteiger charge is -2.15. The molecule has 0 saturated carbocycles. The molecule has 0 aromatic carbocycles. The van der Waals surface area contributed by atoms with Crippen molar-refractivity contribution in [1.82, 2.24) is 15.5 Å². The van der Waals surface area contributed by atoms with Crippen LogP contribution in [0.5, 0.6) is 0 Å². The van der Waals surface area contributed by atoms with Gasteiger partial charge in [-0.1, -0.05) is 0 Å². The van der Waals surface area contributed by atoms with Crippen molar-refractivity contribution < 1.29 is 4.74 Å². The fourth-order valence-electron chi connectivity index (χ4n) is 1.84. The summed E-state index contributed by atoms with van der Waals surface area (Å²) in [5, 5.41) is 6.61. The second kappa shape index (κ2) is 8.31. The van der Waals surface area contributed by atoms with Crippen LogP contribution in [0.3, 0.4) is 0 Å². The summed E-state index contributed by atoms with van der Waals surface area (Å²) in [5.74, 6) is 0.874. The molecule has 100 valence electrons. The van der Waals surface area contributed by atoms with Gasteiger partial charge in [0.2, 0.25) is 0 Å². The molecule has 5 heteroatoms. The highest BCUT2D eigenvalue weighted by molar-refractivity contribution is 5.79. The smallest absolute Gasteiger partial charge is 0.191 e. The van der Waals surface area contributed by atoms with Crippen molar-refractivity contribution in [3.63, 3.8) is 0 Å². The maximum atomic E-state index is 5.55. The Morgan fingerprint density at radius 2 is 2.24 bits per heavy atom. The molecule has 1 saturated heterocycles. The molecule has 1 fully saturated rings. The number of nitrogens with one attached hydrogen (secondary N) is 2. The van der Waals surface area contributed by atoms with Crippen molar-refractivity contribution in [2.75, 3.05) is 47.4 Å². The maximum Gasteiger partial charge on any atom is 0.191 e. The summed E-state index contributed by atoms with van der Waals surface area (Å²) >= 11 is 0. The normalized spacial score (nSPS) is 20.9. The van der Waals surface area contributed by atoms with Gasteiger partial charge in [0.05, 0.1) is 6.10 Å². The van der Waals surface area contributed by atoms with E-state index in [4.69, 9.17) is 4.74 Å². The van der Waals surface area contributed by atoms with Crippen LogP contribution in [0.2, 0.25) is 0 Å². The van der Waals surface area contributed by atoms with Gasteiger partial charge in [-0.15, -0.1) is 0 Å². The average molecular weight is 242 g/mol. The van der Waals surface area contributed by atoms with Crippen LogP contribution in [0, 0.1) is 0 Å². The predicted molar refractivity (Wildman–Crippen MR) is 71.5 cm³/mol. The van der Waals surface area contributed by atoms with Crippen LogP contribution < -0.4 is 10.6 Å². The molecule has 1 heterocycles. The van der Waals surface area contributed by atoms with Gasteiger partial charge < -0.3 is 20.3 Å². The van der Waals surface area contributed by atoms with Crippen LogP contribution in [0.15, 0.2) is 4.99 Å². The van der Waals surface area contributed by atoms with Crippen molar-refractivity contribution in [2.24, 2.45) is 4.99 Å². The highest BCUT2D eigenvalue weighted by Crippen LogP contribution is 2.10. The number of aliphatic imine (C=N–C) groups is 1. The number of hydrogen-bond acceptors (Lipinski definition) is 3. The van der Waals surface area contributed by atoms with E-state index in [1.54, 1.807) is 7.05 Å². The quantitative estimate of drug-likeness (QED) is 0.399. The molecule has 1 rings (SSSR count). The lowest BCUT2D eigenvalue weighted by atomic mass is 10.2. The Morgan fingerprint density at radius 3 is 2.82 bits per heavy atom. The Kier molecular flexibility index (Phi) is 6.96. The number of ether oxygens (including phenoxy) is 1. The first-order valence-corrected chi connectivity index (χ1v) is 6.43. The molecule has 0 aliphatic carbocycles. The van der Waals surface area contributed by atoms with Crippen LogP contribution in [0.1, 0.15) is 19.3 Å². The molecule has 0 bridgehead atoms. The van der Waals surface area contributed by atoms with Crippen LogP contribution in [0.4, 0.5) is 0 Å². The molecule has 0 aromatic heterocycles. The van der Waals surface area contributed by atoms with Gasteiger partial charge in [-0.25, -0.2) is 0 Å². The molecular formula is C12H26N4O. The summed E-state index contributed by atoms with van der Waals surface area (Å²) < 4.78 is 5.55. The van der Waals surface area contributed by atoms with Gasteiger partial charge in [-0.3, -0.25) is 4.99 Å². The maximum absolute atomic E-state index is 5.55. The molecule has 5 nitrogen and oxygen atoms in total. The number of rotatable bonds is 6. The minimum atomic E-state index is 0.357. The van der Waals surface area contributed by atoms with E-state index in [0.29, 0.717) is 6.10 Å². The van der Waals surface area contributed by atoms with Crippen molar-refractivity contribution in [1.29, 1.82) is 0 Å². The standard InChI is InChI=1S/C12H26N4O/c1-13-12(14-7-5-8-16(2)3)15-10-11-6-4-9-17-11/h11H,4-10H2,1-3H3,(H2,13,14,15). The van der Waals surface area contributed by atoms with E-state index in [2.05, 4.69) is 34.6 Å². The molecule has 0 radical (unpaired) electrons. The van der Waals surface area contributed by atoms with E-state index in [-0.39, 0.29) is 0 Å². The van der Waals surface area contributed by atoms with Crippen molar-refractivity contribution in [3.05, 3.63) is 0 Å². The van der Waals surface area contributed by atoms with Gasteiger partial charge in [0.25, 0.3) is 0 Å². The zero-order valence-electron chi connectivity index (χ0n) is 11.3. The Bertz CT molecular complexity index is 225. The lowest BCUT2D eigenvalue weighted by Crippen LogP contribution is -2.41. The predicted octanol–water partition coefficient (Wildman–Crippen LogP) is 0.282. The largest absolute Gasteiger partial charge is 0.376 e. The third-order valence-corrected chi connectivity index (χ3v) is 2.82. The molecule has 2 N–H and O–H groups in total. The van der Waals surface area contributed by atoms with E-state index in [1.165, 1.54) is 6.42 Å².